The summed E-state index contributed by atoms with van der Waals surface area (Å²) in [5, 5.41) is 45.4. The fourth-order valence-corrected chi connectivity index (χ4v) is 4.94. The second kappa shape index (κ2) is 8.92. The molecule has 32 heavy (non-hydrogen) atoms. The van der Waals surface area contributed by atoms with Gasteiger partial charge < -0.3 is 30.2 Å². The molecule has 9 heteroatoms. The average Bonchev–Trinajstić information content (AvgIpc) is 2.75. The molecule has 0 saturated carbocycles. The zero-order valence-corrected chi connectivity index (χ0v) is 18.7. The lowest BCUT2D eigenvalue weighted by atomic mass is 9.80. The van der Waals surface area contributed by atoms with Crippen LogP contribution in [0.25, 0.3) is 11.0 Å². The van der Waals surface area contributed by atoms with Crippen LogP contribution >= 0.6 is 23.2 Å². The van der Waals surface area contributed by atoms with Gasteiger partial charge in [-0.05, 0) is 31.9 Å². The standard InChI is InChI=1S/C23H23Cl2NO6/c1-10-17(21(30)13-3-2-4-14(24)20(13)25)22(31)19-16(29)7-15(28)18(23(19)32-10)12-5-6-26-8-11(12)9-27/h2-4,7,11-12,21,26-30H,5-6,8-9H2,1H3. The molecule has 0 spiro atoms. The lowest BCUT2D eigenvalue weighted by Gasteiger charge is -2.32. The Morgan fingerprint density at radius 2 is 2.00 bits per heavy atom. The first-order valence-electron chi connectivity index (χ1n) is 10.2. The number of hydrogen-bond donors (Lipinski definition) is 5. The molecule has 5 N–H and O–H groups in total. The van der Waals surface area contributed by atoms with E-state index >= 15 is 0 Å². The molecule has 0 amide bonds. The van der Waals surface area contributed by atoms with Crippen LogP contribution in [0.5, 0.6) is 11.5 Å². The number of aliphatic hydroxyl groups is 2. The predicted molar refractivity (Wildman–Crippen MR) is 122 cm³/mol. The summed E-state index contributed by atoms with van der Waals surface area (Å²) in [5.74, 6) is -1.05. The quantitative estimate of drug-likeness (QED) is 0.387. The number of phenols is 2. The molecule has 1 aromatic heterocycles. The highest BCUT2D eigenvalue weighted by molar-refractivity contribution is 6.42. The number of fused-ring (bicyclic) bond motifs is 1. The van der Waals surface area contributed by atoms with E-state index in [1.54, 1.807) is 18.2 Å². The van der Waals surface area contributed by atoms with Crippen molar-refractivity contribution in [2.75, 3.05) is 19.7 Å². The summed E-state index contributed by atoms with van der Waals surface area (Å²) in [4.78, 5) is 13.5. The SMILES string of the molecule is Cc1oc2c(C3CCNCC3CO)c(O)cc(O)c2c(=O)c1C(O)c1cccc(Cl)c1Cl. The average molecular weight is 480 g/mol. The molecule has 3 atom stereocenters. The van der Waals surface area contributed by atoms with Crippen LogP contribution in [0.2, 0.25) is 10.0 Å². The molecule has 4 rings (SSSR count). The van der Waals surface area contributed by atoms with Gasteiger partial charge in [0.2, 0.25) is 5.43 Å². The molecule has 1 saturated heterocycles. The Morgan fingerprint density at radius 3 is 2.72 bits per heavy atom. The van der Waals surface area contributed by atoms with Crippen molar-refractivity contribution in [3.05, 3.63) is 67.0 Å². The van der Waals surface area contributed by atoms with Crippen LogP contribution in [-0.2, 0) is 0 Å². The van der Waals surface area contributed by atoms with Gasteiger partial charge in [-0.2, -0.15) is 0 Å². The largest absolute Gasteiger partial charge is 0.507 e. The molecule has 0 aliphatic carbocycles. The van der Waals surface area contributed by atoms with Gasteiger partial charge in [0, 0.05) is 36.3 Å². The van der Waals surface area contributed by atoms with Gasteiger partial charge in [0.15, 0.2) is 0 Å². The summed E-state index contributed by atoms with van der Waals surface area (Å²) in [6.45, 7) is 2.61. The number of aromatic hydroxyl groups is 2. The minimum Gasteiger partial charge on any atom is -0.507 e. The lowest BCUT2D eigenvalue weighted by molar-refractivity contribution is 0.178. The van der Waals surface area contributed by atoms with E-state index in [1.165, 1.54) is 6.92 Å². The highest BCUT2D eigenvalue weighted by Gasteiger charge is 2.33. The van der Waals surface area contributed by atoms with Gasteiger partial charge in [-0.25, -0.2) is 0 Å². The second-order valence-corrected chi connectivity index (χ2v) is 8.81. The summed E-state index contributed by atoms with van der Waals surface area (Å²) in [6.07, 6.45) is -0.841. The fourth-order valence-electron chi connectivity index (χ4n) is 4.53. The number of rotatable bonds is 4. The van der Waals surface area contributed by atoms with Crippen LogP contribution in [0.3, 0.4) is 0 Å². The molecule has 2 heterocycles. The molecule has 1 fully saturated rings. The van der Waals surface area contributed by atoms with E-state index in [0.29, 0.717) is 25.1 Å². The summed E-state index contributed by atoms with van der Waals surface area (Å²) in [7, 11) is 0. The Kier molecular flexibility index (Phi) is 6.38. The third kappa shape index (κ3) is 3.74. The van der Waals surface area contributed by atoms with Gasteiger partial charge >= 0.3 is 0 Å². The first-order valence-corrected chi connectivity index (χ1v) is 11.0. The number of phenolic OH excluding ortho intramolecular Hbond substituents is 2. The summed E-state index contributed by atoms with van der Waals surface area (Å²) in [6, 6.07) is 5.81. The van der Waals surface area contributed by atoms with Crippen LogP contribution in [0.4, 0.5) is 0 Å². The minimum atomic E-state index is -1.44. The molecular formula is C23H23Cl2NO6. The Morgan fingerprint density at radius 1 is 1.25 bits per heavy atom. The maximum Gasteiger partial charge on any atom is 0.202 e. The number of hydrogen-bond acceptors (Lipinski definition) is 7. The zero-order valence-electron chi connectivity index (χ0n) is 17.2. The van der Waals surface area contributed by atoms with E-state index in [9.17, 15) is 25.2 Å². The highest BCUT2D eigenvalue weighted by atomic mass is 35.5. The summed E-state index contributed by atoms with van der Waals surface area (Å²) < 4.78 is 5.97. The van der Waals surface area contributed by atoms with Crippen LogP contribution in [0, 0.1) is 12.8 Å². The maximum absolute atomic E-state index is 13.5. The smallest absolute Gasteiger partial charge is 0.202 e. The Bertz CT molecular complexity index is 1240. The Labute approximate surface area is 193 Å². The number of nitrogens with one attached hydrogen (secondary N) is 1. The van der Waals surface area contributed by atoms with Gasteiger partial charge in [0.1, 0.15) is 34.3 Å². The van der Waals surface area contributed by atoms with E-state index in [0.717, 1.165) is 6.07 Å². The molecule has 2 aromatic carbocycles. The van der Waals surface area contributed by atoms with Crippen molar-refractivity contribution < 1.29 is 24.8 Å². The van der Waals surface area contributed by atoms with Gasteiger partial charge in [0.05, 0.1) is 15.6 Å². The number of halogens is 2. The van der Waals surface area contributed by atoms with Crippen LogP contribution < -0.4 is 10.7 Å². The van der Waals surface area contributed by atoms with E-state index in [-0.39, 0.29) is 62.1 Å². The number of piperidine rings is 1. The summed E-state index contributed by atoms with van der Waals surface area (Å²) >= 11 is 12.3. The Balaban J connectivity index is 1.97. The molecule has 1 aliphatic heterocycles. The normalized spacial score (nSPS) is 19.9. The zero-order chi connectivity index (χ0) is 23.2. The van der Waals surface area contributed by atoms with Crippen molar-refractivity contribution in [2.45, 2.75) is 25.4 Å². The third-order valence-corrected chi connectivity index (χ3v) is 6.98. The second-order valence-electron chi connectivity index (χ2n) is 8.02. The van der Waals surface area contributed by atoms with Crippen LogP contribution in [0.1, 0.15) is 40.9 Å². The number of aliphatic hydroxyl groups excluding tert-OH is 2. The summed E-state index contributed by atoms with van der Waals surface area (Å²) in [5.41, 5.74) is -0.0897. The molecule has 3 aromatic rings. The van der Waals surface area contributed by atoms with E-state index in [4.69, 9.17) is 27.6 Å². The molecule has 1 aliphatic rings. The van der Waals surface area contributed by atoms with Crippen molar-refractivity contribution in [3.8, 4) is 11.5 Å². The monoisotopic (exact) mass is 479 g/mol. The topological polar surface area (TPSA) is 123 Å². The van der Waals surface area contributed by atoms with Crippen LogP contribution in [-0.4, -0.2) is 40.1 Å². The number of aryl methyl sites for hydroxylation is 1. The predicted octanol–water partition coefficient (Wildman–Crippen LogP) is 3.59. The molecule has 7 nitrogen and oxygen atoms in total. The van der Waals surface area contributed by atoms with Crippen molar-refractivity contribution in [2.24, 2.45) is 5.92 Å². The molecule has 0 radical (unpaired) electrons. The third-order valence-electron chi connectivity index (χ3n) is 6.15. The fraction of sp³-hybridized carbons (Fsp3) is 0.348. The van der Waals surface area contributed by atoms with Gasteiger partial charge in [-0.1, -0.05) is 35.3 Å². The van der Waals surface area contributed by atoms with E-state index < -0.39 is 17.3 Å². The van der Waals surface area contributed by atoms with Crippen molar-refractivity contribution >= 4 is 34.2 Å². The maximum atomic E-state index is 13.5. The van der Waals surface area contributed by atoms with E-state index in [1.807, 2.05) is 0 Å². The molecule has 0 bridgehead atoms. The van der Waals surface area contributed by atoms with E-state index in [2.05, 4.69) is 5.32 Å². The minimum absolute atomic E-state index is 0.0449. The Hall–Kier alpha value is -2.29. The lowest BCUT2D eigenvalue weighted by Crippen LogP contribution is -2.37. The van der Waals surface area contributed by atoms with Crippen molar-refractivity contribution in [3.63, 3.8) is 0 Å². The van der Waals surface area contributed by atoms with Crippen molar-refractivity contribution in [1.29, 1.82) is 0 Å². The van der Waals surface area contributed by atoms with Gasteiger partial charge in [0.25, 0.3) is 0 Å². The first-order chi connectivity index (χ1) is 15.3. The molecule has 170 valence electrons. The van der Waals surface area contributed by atoms with Crippen molar-refractivity contribution in [1.82, 2.24) is 5.32 Å². The molecule has 3 unspecified atom stereocenters. The van der Waals surface area contributed by atoms with Crippen LogP contribution in [0.15, 0.2) is 33.5 Å². The highest BCUT2D eigenvalue weighted by Crippen LogP contribution is 2.44. The van der Waals surface area contributed by atoms with Gasteiger partial charge in [-0.15, -0.1) is 0 Å². The van der Waals surface area contributed by atoms with Gasteiger partial charge in [-0.3, -0.25) is 4.79 Å². The first kappa shape index (κ1) is 22.9. The number of benzene rings is 2. The molecular weight excluding hydrogens is 457 g/mol.